The summed E-state index contributed by atoms with van der Waals surface area (Å²) in [4.78, 5) is 0. The summed E-state index contributed by atoms with van der Waals surface area (Å²) in [7, 11) is 0. The third-order valence-electron chi connectivity index (χ3n) is 3.37. The fourth-order valence-corrected chi connectivity index (χ4v) is 2.25. The molecule has 1 N–H and O–H groups in total. The van der Waals surface area contributed by atoms with Gasteiger partial charge in [0, 0.05) is 5.92 Å². The first-order valence-electron chi connectivity index (χ1n) is 6.37. The smallest absolute Gasteiger partial charge is 0.147 e. The molecule has 3 nitrogen and oxygen atoms in total. The van der Waals surface area contributed by atoms with Gasteiger partial charge in [-0.1, -0.05) is 30.7 Å². The number of halogens is 1. The third-order valence-corrected chi connectivity index (χ3v) is 3.70. The fourth-order valence-electron chi connectivity index (χ4n) is 2.07. The Kier molecular flexibility index (Phi) is 3.30. The van der Waals surface area contributed by atoms with Gasteiger partial charge in [-0.05, 0) is 36.6 Å². The number of hydrazone groups is 1. The van der Waals surface area contributed by atoms with Crippen LogP contribution in [-0.2, 0) is 0 Å². The molecule has 19 heavy (non-hydrogen) atoms. The van der Waals surface area contributed by atoms with Crippen molar-refractivity contribution in [2.24, 2.45) is 11.0 Å². The van der Waals surface area contributed by atoms with Crippen LogP contribution in [0.25, 0.3) is 0 Å². The van der Waals surface area contributed by atoms with Crippen LogP contribution in [0.2, 0.25) is 5.02 Å². The lowest BCUT2D eigenvalue weighted by Crippen LogP contribution is -1.90. The highest BCUT2D eigenvalue weighted by atomic mass is 35.5. The Balaban J connectivity index is 1.63. The highest BCUT2D eigenvalue weighted by Gasteiger charge is 2.36. The molecule has 3 rings (SSSR count). The average molecular weight is 275 g/mol. The lowest BCUT2D eigenvalue weighted by Gasteiger charge is -2.00. The zero-order valence-corrected chi connectivity index (χ0v) is 11.4. The molecule has 0 bridgehead atoms. The van der Waals surface area contributed by atoms with Crippen LogP contribution < -0.4 is 5.43 Å². The molecule has 1 aromatic carbocycles. The van der Waals surface area contributed by atoms with Crippen molar-refractivity contribution in [2.75, 3.05) is 5.43 Å². The van der Waals surface area contributed by atoms with Crippen molar-refractivity contribution in [3.8, 4) is 0 Å². The first-order chi connectivity index (χ1) is 9.24. The Morgan fingerprint density at radius 2 is 2.11 bits per heavy atom. The summed E-state index contributed by atoms with van der Waals surface area (Å²) in [6.07, 6.45) is 2.89. The number of rotatable bonds is 4. The normalized spacial score (nSPS) is 21.8. The van der Waals surface area contributed by atoms with Crippen LogP contribution in [0.1, 0.15) is 30.8 Å². The van der Waals surface area contributed by atoms with Gasteiger partial charge in [0.2, 0.25) is 0 Å². The Hall–Kier alpha value is -1.74. The minimum atomic E-state index is 0.596. The second-order valence-electron chi connectivity index (χ2n) is 4.91. The number of anilines is 1. The molecule has 0 unspecified atom stereocenters. The van der Waals surface area contributed by atoms with Gasteiger partial charge in [-0.2, -0.15) is 5.10 Å². The van der Waals surface area contributed by atoms with Gasteiger partial charge >= 0.3 is 0 Å². The zero-order valence-electron chi connectivity index (χ0n) is 10.6. The number of hydrogen-bond acceptors (Lipinski definition) is 3. The minimum Gasteiger partial charge on any atom is -0.460 e. The largest absolute Gasteiger partial charge is 0.460 e. The summed E-state index contributed by atoms with van der Waals surface area (Å²) in [6.45, 7) is 2.24. The van der Waals surface area contributed by atoms with Gasteiger partial charge in [0.1, 0.15) is 11.5 Å². The van der Waals surface area contributed by atoms with Crippen molar-refractivity contribution in [2.45, 2.75) is 19.3 Å². The van der Waals surface area contributed by atoms with E-state index in [0.717, 1.165) is 23.1 Å². The van der Waals surface area contributed by atoms with Crippen molar-refractivity contribution >= 4 is 23.5 Å². The molecular weight excluding hydrogens is 260 g/mol. The van der Waals surface area contributed by atoms with Crippen LogP contribution in [0.15, 0.2) is 45.9 Å². The highest BCUT2D eigenvalue weighted by molar-refractivity contribution is 6.33. The lowest BCUT2D eigenvalue weighted by atomic mass is 10.3. The predicted molar refractivity (Wildman–Crippen MR) is 77.9 cm³/mol. The molecule has 0 spiro atoms. The quantitative estimate of drug-likeness (QED) is 0.658. The van der Waals surface area contributed by atoms with Crippen LogP contribution in [0, 0.1) is 5.92 Å². The molecule has 1 fully saturated rings. The minimum absolute atomic E-state index is 0.596. The SMILES string of the molecule is C[C@H]1C[C@H]1c1ccc(/C=N\Nc2ccccc2Cl)o1. The summed E-state index contributed by atoms with van der Waals surface area (Å²) >= 11 is 6.02. The standard InChI is InChI=1S/C15H15ClN2O/c1-10-8-12(10)15-7-6-11(19-15)9-17-18-14-5-3-2-4-13(14)16/h2-7,9-10,12,18H,8H2,1H3/b17-9-/t10-,12+/m0/s1. The van der Waals surface area contributed by atoms with Gasteiger partial charge in [-0.15, -0.1) is 0 Å². The fraction of sp³-hybridized carbons (Fsp3) is 0.267. The summed E-state index contributed by atoms with van der Waals surface area (Å²) < 4.78 is 5.72. The summed E-state index contributed by atoms with van der Waals surface area (Å²) in [5, 5.41) is 4.78. The lowest BCUT2D eigenvalue weighted by molar-refractivity contribution is 0.500. The van der Waals surface area contributed by atoms with E-state index >= 15 is 0 Å². The number of para-hydroxylation sites is 1. The third kappa shape index (κ3) is 2.82. The molecule has 2 atom stereocenters. The van der Waals surface area contributed by atoms with Crippen LogP contribution in [0.5, 0.6) is 0 Å². The Morgan fingerprint density at radius 1 is 1.32 bits per heavy atom. The molecule has 1 heterocycles. The maximum atomic E-state index is 6.02. The maximum absolute atomic E-state index is 6.02. The van der Waals surface area contributed by atoms with E-state index in [4.69, 9.17) is 16.0 Å². The second kappa shape index (κ2) is 5.10. The van der Waals surface area contributed by atoms with E-state index < -0.39 is 0 Å². The van der Waals surface area contributed by atoms with E-state index in [1.165, 1.54) is 6.42 Å². The molecule has 1 aromatic heterocycles. The predicted octanol–water partition coefficient (Wildman–Crippen LogP) is 4.50. The van der Waals surface area contributed by atoms with E-state index in [-0.39, 0.29) is 0 Å². The molecule has 0 amide bonds. The Morgan fingerprint density at radius 3 is 2.84 bits per heavy atom. The van der Waals surface area contributed by atoms with E-state index in [1.807, 2.05) is 36.4 Å². The van der Waals surface area contributed by atoms with Gasteiger partial charge in [-0.3, -0.25) is 5.43 Å². The first-order valence-corrected chi connectivity index (χ1v) is 6.75. The van der Waals surface area contributed by atoms with Gasteiger partial charge in [-0.25, -0.2) is 0 Å². The topological polar surface area (TPSA) is 37.5 Å². The monoisotopic (exact) mass is 274 g/mol. The first kappa shape index (κ1) is 12.3. The molecule has 2 aromatic rings. The number of hydrogen-bond donors (Lipinski definition) is 1. The number of benzene rings is 1. The van der Waals surface area contributed by atoms with Crippen LogP contribution in [-0.4, -0.2) is 6.21 Å². The Labute approximate surface area is 117 Å². The van der Waals surface area contributed by atoms with Gasteiger partial charge in [0.25, 0.3) is 0 Å². The van der Waals surface area contributed by atoms with E-state index in [1.54, 1.807) is 6.21 Å². The van der Waals surface area contributed by atoms with Gasteiger partial charge < -0.3 is 4.42 Å². The average Bonchev–Trinajstić information content (AvgIpc) is 2.96. The van der Waals surface area contributed by atoms with Crippen LogP contribution in [0.3, 0.4) is 0 Å². The molecule has 0 radical (unpaired) electrons. The molecule has 98 valence electrons. The number of nitrogens with zero attached hydrogens (tertiary/aromatic N) is 1. The van der Waals surface area contributed by atoms with Crippen LogP contribution in [0.4, 0.5) is 5.69 Å². The highest BCUT2D eigenvalue weighted by Crippen LogP contribution is 2.47. The van der Waals surface area contributed by atoms with Crippen molar-refractivity contribution < 1.29 is 4.42 Å². The number of nitrogens with one attached hydrogen (secondary N) is 1. The van der Waals surface area contributed by atoms with Crippen LogP contribution >= 0.6 is 11.6 Å². The van der Waals surface area contributed by atoms with Crippen molar-refractivity contribution in [3.63, 3.8) is 0 Å². The van der Waals surface area contributed by atoms with Crippen molar-refractivity contribution in [3.05, 3.63) is 52.9 Å². The zero-order chi connectivity index (χ0) is 13.2. The van der Waals surface area contributed by atoms with E-state index in [0.29, 0.717) is 10.9 Å². The van der Waals surface area contributed by atoms with E-state index in [9.17, 15) is 0 Å². The molecule has 4 heteroatoms. The second-order valence-corrected chi connectivity index (χ2v) is 5.32. The summed E-state index contributed by atoms with van der Waals surface area (Å²) in [6, 6.07) is 11.5. The summed E-state index contributed by atoms with van der Waals surface area (Å²) in [5.74, 6) is 3.16. The Bertz CT molecular complexity index is 606. The van der Waals surface area contributed by atoms with E-state index in [2.05, 4.69) is 17.5 Å². The summed E-state index contributed by atoms with van der Waals surface area (Å²) in [5.41, 5.74) is 3.68. The molecule has 1 aliphatic carbocycles. The van der Waals surface area contributed by atoms with Gasteiger partial charge in [0.05, 0.1) is 16.9 Å². The number of furan rings is 1. The molecular formula is C15H15ClN2O. The van der Waals surface area contributed by atoms with Crippen molar-refractivity contribution in [1.29, 1.82) is 0 Å². The molecule has 1 aliphatic rings. The molecule has 1 saturated carbocycles. The molecule has 0 saturated heterocycles. The maximum Gasteiger partial charge on any atom is 0.147 e. The molecule has 0 aliphatic heterocycles. The van der Waals surface area contributed by atoms with Gasteiger partial charge in [0.15, 0.2) is 0 Å². The van der Waals surface area contributed by atoms with Crippen molar-refractivity contribution in [1.82, 2.24) is 0 Å².